The van der Waals surface area contributed by atoms with E-state index in [0.29, 0.717) is 6.61 Å². The zero-order valence-corrected chi connectivity index (χ0v) is 10.5. The Kier molecular flexibility index (Phi) is 2.86. The molecule has 0 unspecified atom stereocenters. The highest BCUT2D eigenvalue weighted by Crippen LogP contribution is 2.27. The Morgan fingerprint density at radius 2 is 2.00 bits per heavy atom. The van der Waals surface area contributed by atoms with E-state index in [-0.39, 0.29) is 0 Å². The van der Waals surface area contributed by atoms with Crippen molar-refractivity contribution in [1.29, 1.82) is 0 Å². The molecule has 1 heterocycles. The molecule has 0 saturated heterocycles. The number of rotatable bonds is 3. The van der Waals surface area contributed by atoms with Crippen LogP contribution in [0.2, 0.25) is 0 Å². The fourth-order valence-corrected chi connectivity index (χ4v) is 2.49. The van der Waals surface area contributed by atoms with Crippen LogP contribution in [0.4, 0.5) is 5.69 Å². The molecule has 0 saturated carbocycles. The number of anilines is 1. The first kappa shape index (κ1) is 11.0. The van der Waals surface area contributed by atoms with Crippen molar-refractivity contribution in [1.82, 2.24) is 4.98 Å². The van der Waals surface area contributed by atoms with E-state index < -0.39 is 0 Å². The minimum atomic E-state index is 0.462. The monoisotopic (exact) mass is 256 g/mol. The molecule has 3 rings (SSSR count). The second-order valence-electron chi connectivity index (χ2n) is 3.94. The van der Waals surface area contributed by atoms with Crippen molar-refractivity contribution in [2.24, 2.45) is 0 Å². The fraction of sp³-hybridized carbons (Fsp3) is 0.0714. The van der Waals surface area contributed by atoms with Gasteiger partial charge in [0.15, 0.2) is 0 Å². The van der Waals surface area contributed by atoms with Gasteiger partial charge in [0.25, 0.3) is 0 Å². The number of nitrogens with zero attached hydrogens (tertiary/aromatic N) is 1. The summed E-state index contributed by atoms with van der Waals surface area (Å²) in [6, 6.07) is 13.7. The Labute approximate surface area is 109 Å². The number of fused-ring (bicyclic) bond motifs is 1. The average Bonchev–Trinajstić information content (AvgIpc) is 2.86. The van der Waals surface area contributed by atoms with E-state index in [0.717, 1.165) is 27.2 Å². The summed E-state index contributed by atoms with van der Waals surface area (Å²) in [5.41, 5.74) is 10.4. The van der Waals surface area contributed by atoms with Crippen LogP contribution in [0.25, 0.3) is 10.2 Å². The maximum Gasteiger partial charge on any atom is 0.146 e. The summed E-state index contributed by atoms with van der Waals surface area (Å²) < 4.78 is 6.94. The Morgan fingerprint density at radius 1 is 1.11 bits per heavy atom. The van der Waals surface area contributed by atoms with Crippen molar-refractivity contribution in [3.8, 4) is 5.75 Å². The van der Waals surface area contributed by atoms with Crippen molar-refractivity contribution in [3.05, 3.63) is 53.5 Å². The van der Waals surface area contributed by atoms with Gasteiger partial charge in [0.2, 0.25) is 0 Å². The molecule has 0 atom stereocenters. The van der Waals surface area contributed by atoms with Gasteiger partial charge in [-0.1, -0.05) is 24.3 Å². The summed E-state index contributed by atoms with van der Waals surface area (Å²) in [6.07, 6.45) is 0. The van der Waals surface area contributed by atoms with Crippen LogP contribution in [0.15, 0.2) is 48.0 Å². The molecule has 0 aliphatic rings. The summed E-state index contributed by atoms with van der Waals surface area (Å²) in [4.78, 5) is 4.32. The third-order valence-corrected chi connectivity index (χ3v) is 3.56. The van der Waals surface area contributed by atoms with Gasteiger partial charge >= 0.3 is 0 Å². The minimum absolute atomic E-state index is 0.462. The highest BCUT2D eigenvalue weighted by atomic mass is 32.1. The molecule has 18 heavy (non-hydrogen) atoms. The largest absolute Gasteiger partial charge is 0.487 e. The van der Waals surface area contributed by atoms with Crippen molar-refractivity contribution in [2.45, 2.75) is 6.61 Å². The molecule has 4 heteroatoms. The van der Waals surface area contributed by atoms with Gasteiger partial charge in [-0.25, -0.2) is 4.98 Å². The zero-order chi connectivity index (χ0) is 12.4. The molecule has 3 nitrogen and oxygen atoms in total. The first-order valence-electron chi connectivity index (χ1n) is 5.63. The smallest absolute Gasteiger partial charge is 0.146 e. The number of nitrogen functional groups attached to an aromatic ring is 1. The van der Waals surface area contributed by atoms with Gasteiger partial charge < -0.3 is 10.5 Å². The van der Waals surface area contributed by atoms with Gasteiger partial charge in [-0.2, -0.15) is 0 Å². The third kappa shape index (κ3) is 2.02. The summed E-state index contributed by atoms with van der Waals surface area (Å²) in [7, 11) is 0. The Morgan fingerprint density at radius 3 is 2.89 bits per heavy atom. The van der Waals surface area contributed by atoms with E-state index in [1.54, 1.807) is 11.3 Å². The Bertz CT molecular complexity index is 678. The lowest BCUT2D eigenvalue weighted by Crippen LogP contribution is -2.00. The molecule has 0 bridgehead atoms. The highest BCUT2D eigenvalue weighted by molar-refractivity contribution is 7.16. The summed E-state index contributed by atoms with van der Waals surface area (Å²) in [5.74, 6) is 0.803. The predicted octanol–water partition coefficient (Wildman–Crippen LogP) is 3.46. The lowest BCUT2D eigenvalue weighted by molar-refractivity contribution is 0.310. The van der Waals surface area contributed by atoms with Crippen LogP contribution < -0.4 is 10.5 Å². The molecule has 1 aromatic heterocycles. The van der Waals surface area contributed by atoms with Crippen molar-refractivity contribution in [2.75, 3.05) is 5.73 Å². The van der Waals surface area contributed by atoms with Gasteiger partial charge in [-0.15, -0.1) is 11.3 Å². The molecule has 2 aromatic carbocycles. The van der Waals surface area contributed by atoms with Crippen LogP contribution in [0.3, 0.4) is 0 Å². The average molecular weight is 256 g/mol. The molecule has 2 N–H and O–H groups in total. The fourth-order valence-electron chi connectivity index (χ4n) is 1.80. The number of hydrogen-bond acceptors (Lipinski definition) is 4. The van der Waals surface area contributed by atoms with E-state index in [4.69, 9.17) is 10.5 Å². The van der Waals surface area contributed by atoms with Crippen molar-refractivity contribution >= 4 is 27.2 Å². The van der Waals surface area contributed by atoms with Crippen molar-refractivity contribution < 1.29 is 4.74 Å². The summed E-state index contributed by atoms with van der Waals surface area (Å²) in [5, 5.41) is 0. The second-order valence-corrected chi connectivity index (χ2v) is 4.83. The van der Waals surface area contributed by atoms with E-state index in [9.17, 15) is 0 Å². The van der Waals surface area contributed by atoms with E-state index >= 15 is 0 Å². The molecule has 3 aromatic rings. The molecule has 0 amide bonds. The normalized spacial score (nSPS) is 10.7. The van der Waals surface area contributed by atoms with Gasteiger partial charge in [0.1, 0.15) is 17.9 Å². The maximum atomic E-state index is 5.88. The van der Waals surface area contributed by atoms with Crippen LogP contribution in [-0.4, -0.2) is 4.98 Å². The first-order valence-corrected chi connectivity index (χ1v) is 6.51. The Hall–Kier alpha value is -2.07. The zero-order valence-electron chi connectivity index (χ0n) is 9.67. The topological polar surface area (TPSA) is 48.1 Å². The van der Waals surface area contributed by atoms with Crippen LogP contribution >= 0.6 is 11.3 Å². The molecule has 0 fully saturated rings. The quantitative estimate of drug-likeness (QED) is 0.730. The number of para-hydroxylation sites is 2. The Balaban J connectivity index is 1.85. The molecule has 0 aliphatic carbocycles. The second kappa shape index (κ2) is 4.66. The SMILES string of the molecule is Nc1ccccc1COc1cccc2scnc12. The van der Waals surface area contributed by atoms with Gasteiger partial charge in [0, 0.05) is 11.3 Å². The number of hydrogen-bond donors (Lipinski definition) is 1. The van der Waals surface area contributed by atoms with E-state index in [1.807, 2.05) is 48.0 Å². The third-order valence-electron chi connectivity index (χ3n) is 2.76. The minimum Gasteiger partial charge on any atom is -0.487 e. The van der Waals surface area contributed by atoms with E-state index in [1.165, 1.54) is 0 Å². The maximum absolute atomic E-state index is 5.88. The number of ether oxygens (including phenoxy) is 1. The predicted molar refractivity (Wildman–Crippen MR) is 74.8 cm³/mol. The number of nitrogens with two attached hydrogens (primary N) is 1. The number of benzene rings is 2. The van der Waals surface area contributed by atoms with Crippen LogP contribution in [0, 0.1) is 0 Å². The van der Waals surface area contributed by atoms with Gasteiger partial charge in [-0.05, 0) is 18.2 Å². The standard InChI is InChI=1S/C14H12N2OS/c15-11-5-2-1-4-10(11)8-17-12-6-3-7-13-14(12)16-9-18-13/h1-7,9H,8,15H2. The van der Waals surface area contributed by atoms with Gasteiger partial charge in [0.05, 0.1) is 10.2 Å². The number of aromatic nitrogens is 1. The first-order chi connectivity index (χ1) is 8.84. The molecule has 0 spiro atoms. The summed E-state index contributed by atoms with van der Waals surface area (Å²) in [6.45, 7) is 0.462. The highest BCUT2D eigenvalue weighted by Gasteiger charge is 2.05. The van der Waals surface area contributed by atoms with Gasteiger partial charge in [-0.3, -0.25) is 0 Å². The van der Waals surface area contributed by atoms with Crippen molar-refractivity contribution in [3.63, 3.8) is 0 Å². The van der Waals surface area contributed by atoms with Crippen LogP contribution in [-0.2, 0) is 6.61 Å². The molecular weight excluding hydrogens is 244 g/mol. The lowest BCUT2D eigenvalue weighted by Gasteiger charge is -2.08. The van der Waals surface area contributed by atoms with Crippen LogP contribution in [0.5, 0.6) is 5.75 Å². The lowest BCUT2D eigenvalue weighted by atomic mass is 10.2. The summed E-state index contributed by atoms with van der Waals surface area (Å²) >= 11 is 1.61. The van der Waals surface area contributed by atoms with E-state index in [2.05, 4.69) is 4.98 Å². The number of thiazole rings is 1. The molecule has 0 aliphatic heterocycles. The molecule has 0 radical (unpaired) electrons. The molecular formula is C14H12N2OS. The molecule has 90 valence electrons. The van der Waals surface area contributed by atoms with Crippen LogP contribution in [0.1, 0.15) is 5.56 Å².